The first kappa shape index (κ1) is 19.8. The summed E-state index contributed by atoms with van der Waals surface area (Å²) in [7, 11) is 0. The lowest BCUT2D eigenvalue weighted by atomic mass is 9.92. The molecule has 1 aromatic rings. The molecule has 0 aliphatic carbocycles. The fraction of sp³-hybridized carbons (Fsp3) is 0.619. The highest BCUT2D eigenvalue weighted by atomic mass is 19.1. The van der Waals surface area contributed by atoms with E-state index in [0.717, 1.165) is 58.3 Å². The zero-order valence-corrected chi connectivity index (χ0v) is 16.1. The molecule has 0 radical (unpaired) electrons. The van der Waals surface area contributed by atoms with Crippen molar-refractivity contribution < 1.29 is 14.0 Å². The summed E-state index contributed by atoms with van der Waals surface area (Å²) in [5.41, 5.74) is 1.19. The Kier molecular flexibility index (Phi) is 6.83. The molecule has 5 nitrogen and oxygen atoms in total. The summed E-state index contributed by atoms with van der Waals surface area (Å²) in [5.74, 6) is 0.436. The van der Waals surface area contributed by atoms with Gasteiger partial charge in [-0.05, 0) is 68.8 Å². The molecule has 1 N–H and O–H groups in total. The Balaban J connectivity index is 1.42. The van der Waals surface area contributed by atoms with E-state index in [9.17, 15) is 14.0 Å². The Hall–Kier alpha value is -1.95. The van der Waals surface area contributed by atoms with Crippen LogP contribution in [0.2, 0.25) is 0 Å². The van der Waals surface area contributed by atoms with Crippen molar-refractivity contribution in [2.24, 2.45) is 0 Å². The van der Waals surface area contributed by atoms with Gasteiger partial charge >= 0.3 is 0 Å². The Morgan fingerprint density at radius 1 is 1.04 bits per heavy atom. The van der Waals surface area contributed by atoms with Crippen LogP contribution in [0.5, 0.6) is 0 Å². The zero-order chi connectivity index (χ0) is 19.2. The number of nitrogens with one attached hydrogen (secondary N) is 1. The minimum atomic E-state index is -0.195. The molecule has 27 heavy (non-hydrogen) atoms. The van der Waals surface area contributed by atoms with Crippen molar-refractivity contribution in [2.75, 3.05) is 32.7 Å². The van der Waals surface area contributed by atoms with E-state index in [4.69, 9.17) is 0 Å². The Bertz CT molecular complexity index is 641. The van der Waals surface area contributed by atoms with Gasteiger partial charge in [0.2, 0.25) is 11.8 Å². The summed E-state index contributed by atoms with van der Waals surface area (Å²) >= 11 is 0. The Morgan fingerprint density at radius 3 is 2.41 bits per heavy atom. The van der Waals surface area contributed by atoms with E-state index in [-0.39, 0.29) is 23.7 Å². The van der Waals surface area contributed by atoms with Crippen LogP contribution in [-0.4, -0.2) is 60.4 Å². The molecule has 2 amide bonds. The lowest BCUT2D eigenvalue weighted by Gasteiger charge is -2.32. The first-order valence-electron chi connectivity index (χ1n) is 10.0. The third-order valence-electron chi connectivity index (χ3n) is 5.83. The number of nitrogens with zero attached hydrogens (tertiary/aromatic N) is 2. The van der Waals surface area contributed by atoms with Gasteiger partial charge in [-0.2, -0.15) is 0 Å². The third-order valence-corrected chi connectivity index (χ3v) is 5.83. The molecule has 2 aliphatic rings. The van der Waals surface area contributed by atoms with Crippen molar-refractivity contribution >= 4 is 11.8 Å². The molecule has 2 aliphatic heterocycles. The van der Waals surface area contributed by atoms with Gasteiger partial charge in [-0.1, -0.05) is 12.1 Å². The molecule has 148 valence electrons. The summed E-state index contributed by atoms with van der Waals surface area (Å²) < 4.78 is 13.1. The van der Waals surface area contributed by atoms with Crippen LogP contribution in [-0.2, 0) is 9.59 Å². The van der Waals surface area contributed by atoms with E-state index in [2.05, 4.69) is 10.2 Å². The van der Waals surface area contributed by atoms with E-state index < -0.39 is 0 Å². The number of hydrogen-bond donors (Lipinski definition) is 1. The second kappa shape index (κ2) is 9.31. The van der Waals surface area contributed by atoms with Crippen LogP contribution < -0.4 is 5.32 Å². The lowest BCUT2D eigenvalue weighted by molar-refractivity contribution is -0.130. The van der Waals surface area contributed by atoms with E-state index in [0.29, 0.717) is 12.5 Å². The highest BCUT2D eigenvalue weighted by Crippen LogP contribution is 2.28. The largest absolute Gasteiger partial charge is 0.352 e. The van der Waals surface area contributed by atoms with Gasteiger partial charge in [0, 0.05) is 26.1 Å². The van der Waals surface area contributed by atoms with Crippen molar-refractivity contribution in [2.45, 2.75) is 51.0 Å². The average Bonchev–Trinajstić information content (AvgIpc) is 2.88. The van der Waals surface area contributed by atoms with E-state index in [1.165, 1.54) is 17.7 Å². The highest BCUT2D eigenvalue weighted by Gasteiger charge is 2.24. The maximum atomic E-state index is 13.1. The minimum Gasteiger partial charge on any atom is -0.352 e. The maximum absolute atomic E-state index is 13.1. The number of hydrogen-bond acceptors (Lipinski definition) is 3. The number of likely N-dealkylation sites (tertiary alicyclic amines) is 2. The second-order valence-electron chi connectivity index (χ2n) is 7.80. The predicted molar refractivity (Wildman–Crippen MR) is 103 cm³/mol. The zero-order valence-electron chi connectivity index (χ0n) is 16.1. The normalized spacial score (nSPS) is 22.3. The summed E-state index contributed by atoms with van der Waals surface area (Å²) in [6, 6.07) is 7.00. The Labute approximate surface area is 160 Å². The van der Waals surface area contributed by atoms with Crippen LogP contribution >= 0.6 is 0 Å². The SMILES string of the molecule is CC(=O)N1CCC(NC(=O)CN2CCCC(c3ccc(F)cc3)CC2)CC1. The number of amides is 2. The van der Waals surface area contributed by atoms with Crippen LogP contribution in [0.15, 0.2) is 24.3 Å². The molecule has 0 saturated carbocycles. The van der Waals surface area contributed by atoms with Crippen molar-refractivity contribution in [3.05, 3.63) is 35.6 Å². The third kappa shape index (κ3) is 5.76. The number of carbonyl (C=O) groups excluding carboxylic acids is 2. The number of benzene rings is 1. The minimum absolute atomic E-state index is 0.0801. The molecular formula is C21H30FN3O2. The highest BCUT2D eigenvalue weighted by molar-refractivity contribution is 5.78. The van der Waals surface area contributed by atoms with Gasteiger partial charge in [-0.25, -0.2) is 4.39 Å². The van der Waals surface area contributed by atoms with Gasteiger partial charge < -0.3 is 10.2 Å². The fourth-order valence-corrected chi connectivity index (χ4v) is 4.20. The van der Waals surface area contributed by atoms with Crippen LogP contribution in [0.1, 0.15) is 50.5 Å². The molecule has 1 atom stereocenters. The van der Waals surface area contributed by atoms with Gasteiger partial charge in [-0.3, -0.25) is 14.5 Å². The summed E-state index contributed by atoms with van der Waals surface area (Å²) in [5, 5.41) is 3.13. The molecule has 0 bridgehead atoms. The molecule has 1 unspecified atom stereocenters. The topological polar surface area (TPSA) is 52.7 Å². The standard InChI is InChI=1S/C21H30FN3O2/c1-16(26)25-13-9-20(10-14-25)23-21(27)15-24-11-2-3-17(8-12-24)18-4-6-19(22)7-5-18/h4-7,17,20H,2-3,8-15H2,1H3,(H,23,27). The van der Waals surface area contributed by atoms with Gasteiger partial charge in [0.25, 0.3) is 0 Å². The summed E-state index contributed by atoms with van der Waals surface area (Å²) in [6.45, 7) is 5.29. The Morgan fingerprint density at radius 2 is 1.74 bits per heavy atom. The number of piperidine rings is 1. The predicted octanol–water partition coefficient (Wildman–Crippen LogP) is 2.52. The van der Waals surface area contributed by atoms with Crippen LogP contribution in [0, 0.1) is 5.82 Å². The van der Waals surface area contributed by atoms with Crippen LogP contribution in [0.4, 0.5) is 4.39 Å². The molecule has 2 fully saturated rings. The molecule has 3 rings (SSSR count). The van der Waals surface area contributed by atoms with Crippen molar-refractivity contribution in [1.29, 1.82) is 0 Å². The van der Waals surface area contributed by atoms with E-state index in [1.54, 1.807) is 6.92 Å². The van der Waals surface area contributed by atoms with Crippen molar-refractivity contribution in [3.63, 3.8) is 0 Å². The summed E-state index contributed by atoms with van der Waals surface area (Å²) in [6.07, 6.45) is 4.78. The smallest absolute Gasteiger partial charge is 0.234 e. The molecule has 2 heterocycles. The first-order valence-corrected chi connectivity index (χ1v) is 10.0. The van der Waals surface area contributed by atoms with Crippen LogP contribution in [0.3, 0.4) is 0 Å². The molecule has 6 heteroatoms. The number of rotatable bonds is 4. The van der Waals surface area contributed by atoms with Crippen LogP contribution in [0.25, 0.3) is 0 Å². The molecule has 2 saturated heterocycles. The quantitative estimate of drug-likeness (QED) is 0.880. The molecular weight excluding hydrogens is 345 g/mol. The van der Waals surface area contributed by atoms with Gasteiger partial charge in [-0.15, -0.1) is 0 Å². The van der Waals surface area contributed by atoms with Crippen molar-refractivity contribution in [1.82, 2.24) is 15.1 Å². The molecule has 0 aromatic heterocycles. The van der Waals surface area contributed by atoms with Gasteiger partial charge in [0.05, 0.1) is 6.54 Å². The molecule has 1 aromatic carbocycles. The second-order valence-corrected chi connectivity index (χ2v) is 7.80. The average molecular weight is 375 g/mol. The summed E-state index contributed by atoms with van der Waals surface area (Å²) in [4.78, 5) is 27.9. The first-order chi connectivity index (χ1) is 13.0. The number of halogens is 1. The van der Waals surface area contributed by atoms with E-state index in [1.807, 2.05) is 17.0 Å². The van der Waals surface area contributed by atoms with Crippen molar-refractivity contribution in [3.8, 4) is 0 Å². The van der Waals surface area contributed by atoms with Gasteiger partial charge in [0.15, 0.2) is 0 Å². The van der Waals surface area contributed by atoms with E-state index >= 15 is 0 Å². The lowest BCUT2D eigenvalue weighted by Crippen LogP contribution is -2.48. The fourth-order valence-electron chi connectivity index (χ4n) is 4.20. The monoisotopic (exact) mass is 375 g/mol. The van der Waals surface area contributed by atoms with Gasteiger partial charge in [0.1, 0.15) is 5.82 Å². The maximum Gasteiger partial charge on any atom is 0.234 e. The molecule has 0 spiro atoms. The number of carbonyl (C=O) groups is 2.